The van der Waals surface area contributed by atoms with Crippen molar-refractivity contribution >= 4 is 0 Å². The Kier molecular flexibility index (Phi) is 4.74. The Morgan fingerprint density at radius 1 is 1.21 bits per heavy atom. The third-order valence-electron chi connectivity index (χ3n) is 2.12. The first kappa shape index (κ1) is 10.7. The van der Waals surface area contributed by atoms with Crippen molar-refractivity contribution < 1.29 is 0 Å². The summed E-state index contributed by atoms with van der Waals surface area (Å²) in [5, 5.41) is 11.6. The van der Waals surface area contributed by atoms with E-state index in [0.717, 1.165) is 19.5 Å². The zero-order chi connectivity index (χ0) is 10.2. The van der Waals surface area contributed by atoms with Gasteiger partial charge in [0.25, 0.3) is 0 Å². The van der Waals surface area contributed by atoms with Gasteiger partial charge in [-0.2, -0.15) is 5.26 Å². The first-order valence-corrected chi connectivity index (χ1v) is 4.96. The Morgan fingerprint density at radius 2 is 1.93 bits per heavy atom. The molecule has 0 saturated heterocycles. The molecule has 1 rings (SSSR count). The standard InChI is InChI=1S/C12H16N2/c1-11-3-5-12(6-4-11)7-10-14-9-2-8-13/h3-6,14H,2,7,9-10H2,1H3. The molecule has 0 fully saturated rings. The van der Waals surface area contributed by atoms with E-state index in [1.165, 1.54) is 11.1 Å². The molecule has 0 amide bonds. The zero-order valence-electron chi connectivity index (χ0n) is 8.59. The van der Waals surface area contributed by atoms with Gasteiger partial charge in [-0.05, 0) is 25.5 Å². The molecule has 74 valence electrons. The van der Waals surface area contributed by atoms with Crippen molar-refractivity contribution in [2.45, 2.75) is 19.8 Å². The quantitative estimate of drug-likeness (QED) is 0.718. The van der Waals surface area contributed by atoms with E-state index < -0.39 is 0 Å². The molecule has 0 aromatic heterocycles. The molecule has 0 atom stereocenters. The van der Waals surface area contributed by atoms with E-state index in [1.807, 2.05) is 0 Å². The highest BCUT2D eigenvalue weighted by atomic mass is 14.8. The average Bonchev–Trinajstić information content (AvgIpc) is 2.21. The van der Waals surface area contributed by atoms with Gasteiger partial charge in [0.15, 0.2) is 0 Å². The third-order valence-corrected chi connectivity index (χ3v) is 2.12. The summed E-state index contributed by atoms with van der Waals surface area (Å²) < 4.78 is 0. The first-order valence-electron chi connectivity index (χ1n) is 4.96. The molecule has 1 aromatic carbocycles. The molecule has 0 radical (unpaired) electrons. The minimum absolute atomic E-state index is 0.591. The molecule has 1 aromatic rings. The molecule has 0 bridgehead atoms. The molecule has 0 aliphatic heterocycles. The summed E-state index contributed by atoms with van der Waals surface area (Å²) >= 11 is 0. The zero-order valence-corrected chi connectivity index (χ0v) is 8.59. The fourth-order valence-corrected chi connectivity index (χ4v) is 1.26. The number of nitrogens with zero attached hydrogens (tertiary/aromatic N) is 1. The van der Waals surface area contributed by atoms with Crippen LogP contribution in [0.2, 0.25) is 0 Å². The third kappa shape index (κ3) is 4.06. The van der Waals surface area contributed by atoms with Gasteiger partial charge in [0.1, 0.15) is 0 Å². The number of aryl methyl sites for hydroxylation is 1. The molecular weight excluding hydrogens is 172 g/mol. The SMILES string of the molecule is Cc1ccc(CCNCCC#N)cc1. The molecular formula is C12H16N2. The van der Waals surface area contributed by atoms with Gasteiger partial charge in [-0.1, -0.05) is 29.8 Å². The molecule has 2 heteroatoms. The van der Waals surface area contributed by atoms with Crippen LogP contribution in [0.15, 0.2) is 24.3 Å². The number of hydrogen-bond acceptors (Lipinski definition) is 2. The molecule has 0 heterocycles. The summed E-state index contributed by atoms with van der Waals surface area (Å²) in [4.78, 5) is 0. The molecule has 0 unspecified atom stereocenters. The fraction of sp³-hybridized carbons (Fsp3) is 0.417. The van der Waals surface area contributed by atoms with Crippen molar-refractivity contribution in [2.24, 2.45) is 0 Å². The fourth-order valence-electron chi connectivity index (χ4n) is 1.26. The lowest BCUT2D eigenvalue weighted by molar-refractivity contribution is 0.692. The first-order chi connectivity index (χ1) is 6.83. The Hall–Kier alpha value is -1.33. The van der Waals surface area contributed by atoms with Crippen LogP contribution in [0.4, 0.5) is 0 Å². The van der Waals surface area contributed by atoms with Crippen molar-refractivity contribution in [1.82, 2.24) is 5.32 Å². The second kappa shape index (κ2) is 6.17. The maximum atomic E-state index is 8.32. The summed E-state index contributed by atoms with van der Waals surface area (Å²) in [6, 6.07) is 10.7. The van der Waals surface area contributed by atoms with E-state index in [4.69, 9.17) is 5.26 Å². The highest BCUT2D eigenvalue weighted by Gasteiger charge is 1.92. The van der Waals surface area contributed by atoms with E-state index in [1.54, 1.807) is 0 Å². The molecule has 1 N–H and O–H groups in total. The van der Waals surface area contributed by atoms with Crippen LogP contribution in [0, 0.1) is 18.3 Å². The summed E-state index contributed by atoms with van der Waals surface area (Å²) in [6.45, 7) is 3.84. The molecule has 0 saturated carbocycles. The van der Waals surface area contributed by atoms with Crippen molar-refractivity contribution in [1.29, 1.82) is 5.26 Å². The Balaban J connectivity index is 2.19. The lowest BCUT2D eigenvalue weighted by Gasteiger charge is -2.02. The van der Waals surface area contributed by atoms with Crippen molar-refractivity contribution in [3.05, 3.63) is 35.4 Å². The Labute approximate surface area is 85.6 Å². The van der Waals surface area contributed by atoms with Crippen LogP contribution in [-0.2, 0) is 6.42 Å². The highest BCUT2D eigenvalue weighted by molar-refractivity contribution is 5.21. The van der Waals surface area contributed by atoms with Crippen LogP contribution in [0.3, 0.4) is 0 Å². The van der Waals surface area contributed by atoms with Gasteiger partial charge >= 0.3 is 0 Å². The predicted molar refractivity (Wildman–Crippen MR) is 58.0 cm³/mol. The van der Waals surface area contributed by atoms with Crippen molar-refractivity contribution in [2.75, 3.05) is 13.1 Å². The number of rotatable bonds is 5. The highest BCUT2D eigenvalue weighted by Crippen LogP contribution is 2.02. The second-order valence-electron chi connectivity index (χ2n) is 3.39. The van der Waals surface area contributed by atoms with Gasteiger partial charge in [0, 0.05) is 13.0 Å². The Morgan fingerprint density at radius 3 is 2.57 bits per heavy atom. The Bertz CT molecular complexity index is 295. The van der Waals surface area contributed by atoms with E-state index in [-0.39, 0.29) is 0 Å². The summed E-state index contributed by atoms with van der Waals surface area (Å²) in [7, 11) is 0. The topological polar surface area (TPSA) is 35.8 Å². The van der Waals surface area contributed by atoms with Gasteiger partial charge in [0.05, 0.1) is 6.07 Å². The summed E-state index contributed by atoms with van der Waals surface area (Å²) in [5.41, 5.74) is 2.64. The molecule has 0 spiro atoms. The predicted octanol–water partition coefficient (Wildman–Crippen LogP) is 2.04. The number of benzene rings is 1. The monoisotopic (exact) mass is 188 g/mol. The minimum atomic E-state index is 0.591. The maximum absolute atomic E-state index is 8.32. The van der Waals surface area contributed by atoms with E-state index >= 15 is 0 Å². The van der Waals surface area contributed by atoms with Gasteiger partial charge in [0.2, 0.25) is 0 Å². The lowest BCUT2D eigenvalue weighted by Crippen LogP contribution is -2.17. The largest absolute Gasteiger partial charge is 0.315 e. The van der Waals surface area contributed by atoms with Gasteiger partial charge in [-0.25, -0.2) is 0 Å². The van der Waals surface area contributed by atoms with Gasteiger partial charge in [-0.3, -0.25) is 0 Å². The second-order valence-corrected chi connectivity index (χ2v) is 3.39. The van der Waals surface area contributed by atoms with E-state index in [0.29, 0.717) is 6.42 Å². The van der Waals surface area contributed by atoms with Crippen LogP contribution in [0.1, 0.15) is 17.5 Å². The van der Waals surface area contributed by atoms with Crippen molar-refractivity contribution in [3.63, 3.8) is 0 Å². The van der Waals surface area contributed by atoms with Crippen LogP contribution in [0.5, 0.6) is 0 Å². The smallest absolute Gasteiger partial charge is 0.0635 e. The maximum Gasteiger partial charge on any atom is 0.0635 e. The number of nitrogens with one attached hydrogen (secondary N) is 1. The number of hydrogen-bond donors (Lipinski definition) is 1. The average molecular weight is 188 g/mol. The van der Waals surface area contributed by atoms with Crippen LogP contribution < -0.4 is 5.32 Å². The van der Waals surface area contributed by atoms with E-state index in [2.05, 4.69) is 42.6 Å². The molecule has 0 aliphatic rings. The molecule has 2 nitrogen and oxygen atoms in total. The summed E-state index contributed by atoms with van der Waals surface area (Å²) in [6.07, 6.45) is 1.62. The summed E-state index contributed by atoms with van der Waals surface area (Å²) in [5.74, 6) is 0. The van der Waals surface area contributed by atoms with Crippen LogP contribution in [0.25, 0.3) is 0 Å². The van der Waals surface area contributed by atoms with Crippen LogP contribution >= 0.6 is 0 Å². The lowest BCUT2D eigenvalue weighted by atomic mass is 10.1. The van der Waals surface area contributed by atoms with E-state index in [9.17, 15) is 0 Å². The van der Waals surface area contributed by atoms with Gasteiger partial charge < -0.3 is 5.32 Å². The minimum Gasteiger partial charge on any atom is -0.315 e. The van der Waals surface area contributed by atoms with Gasteiger partial charge in [-0.15, -0.1) is 0 Å². The van der Waals surface area contributed by atoms with Crippen molar-refractivity contribution in [3.8, 4) is 6.07 Å². The molecule has 0 aliphatic carbocycles. The normalized spacial score (nSPS) is 9.71. The van der Waals surface area contributed by atoms with Crippen LogP contribution in [-0.4, -0.2) is 13.1 Å². The molecule has 14 heavy (non-hydrogen) atoms. The number of nitriles is 1.